The van der Waals surface area contributed by atoms with Gasteiger partial charge in [0.05, 0.1) is 39.0 Å². The smallest absolute Gasteiger partial charge is 0.312 e. The van der Waals surface area contributed by atoms with Crippen molar-refractivity contribution in [1.29, 1.82) is 0 Å². The first-order valence-corrected chi connectivity index (χ1v) is 9.17. The Balaban J connectivity index is 1.61. The fourth-order valence-corrected chi connectivity index (χ4v) is 3.79. The second-order valence-electron chi connectivity index (χ2n) is 6.94. The van der Waals surface area contributed by atoms with Crippen LogP contribution in [0.3, 0.4) is 0 Å². The zero-order chi connectivity index (χ0) is 20.5. The van der Waals surface area contributed by atoms with Gasteiger partial charge >= 0.3 is 5.97 Å². The number of aliphatic hydroxyl groups excluding tert-OH is 2. The van der Waals surface area contributed by atoms with Gasteiger partial charge in [0.1, 0.15) is 0 Å². The zero-order valence-electron chi connectivity index (χ0n) is 16.0. The van der Waals surface area contributed by atoms with E-state index in [2.05, 4.69) is 0 Å². The highest BCUT2D eigenvalue weighted by Crippen LogP contribution is 2.44. The first-order chi connectivity index (χ1) is 14.0. The molecule has 0 spiro atoms. The van der Waals surface area contributed by atoms with Crippen LogP contribution in [0.15, 0.2) is 36.4 Å². The van der Waals surface area contributed by atoms with Gasteiger partial charge in [-0.3, -0.25) is 4.79 Å². The highest BCUT2D eigenvalue weighted by Gasteiger charge is 2.46. The fraction of sp³-hybridized carbons (Fsp3) is 0.381. The summed E-state index contributed by atoms with van der Waals surface area (Å²) >= 11 is 0. The minimum atomic E-state index is -1.18. The Hall–Kier alpha value is -2.97. The summed E-state index contributed by atoms with van der Waals surface area (Å²) in [6.07, 6.45) is -2.21. The number of carbonyl (C=O) groups is 1. The number of hydrogen-bond acceptors (Lipinski definition) is 8. The third-order valence-electron chi connectivity index (χ3n) is 5.38. The number of rotatable bonds is 6. The van der Waals surface area contributed by atoms with Crippen LogP contribution in [0.5, 0.6) is 23.0 Å². The van der Waals surface area contributed by atoms with E-state index >= 15 is 0 Å². The molecule has 8 heteroatoms. The largest absolute Gasteiger partial charge is 0.493 e. The SMILES string of the molecule is COc1ccc([C@@H](O)[C@@H]2C(=O)OC[C@H]2C(O)c2ccc3c(c2)OCO3)cc1OC. The van der Waals surface area contributed by atoms with E-state index in [-0.39, 0.29) is 13.4 Å². The van der Waals surface area contributed by atoms with Gasteiger partial charge in [0, 0.05) is 5.92 Å². The van der Waals surface area contributed by atoms with Crippen LogP contribution < -0.4 is 18.9 Å². The molecule has 1 fully saturated rings. The standard InChI is InChI=1S/C21H22O8/c1-25-14-5-3-12(7-16(14)26-2)20(23)18-13(9-27-21(18)24)19(22)11-4-6-15-17(8-11)29-10-28-15/h3-8,13,18-20,22-23H,9-10H2,1-2H3/t13-,18-,19?,20-/m1/s1. The molecule has 8 nitrogen and oxygen atoms in total. The van der Waals surface area contributed by atoms with Crippen LogP contribution in [0, 0.1) is 11.8 Å². The van der Waals surface area contributed by atoms with Gasteiger partial charge in [-0.05, 0) is 35.4 Å². The molecule has 2 aromatic carbocycles. The molecule has 4 atom stereocenters. The van der Waals surface area contributed by atoms with Crippen LogP contribution in [0.1, 0.15) is 23.3 Å². The van der Waals surface area contributed by atoms with Crippen molar-refractivity contribution in [2.24, 2.45) is 11.8 Å². The molecule has 2 aliphatic rings. The summed E-state index contributed by atoms with van der Waals surface area (Å²) in [5.41, 5.74) is 1.02. The van der Waals surface area contributed by atoms with Crippen molar-refractivity contribution in [3.05, 3.63) is 47.5 Å². The van der Waals surface area contributed by atoms with Crippen LogP contribution in [-0.4, -0.2) is 43.8 Å². The number of hydrogen-bond donors (Lipinski definition) is 2. The van der Waals surface area contributed by atoms with Crippen molar-refractivity contribution in [2.75, 3.05) is 27.6 Å². The molecule has 4 rings (SSSR count). The molecule has 0 amide bonds. The van der Waals surface area contributed by atoms with Gasteiger partial charge in [-0.1, -0.05) is 12.1 Å². The van der Waals surface area contributed by atoms with Gasteiger partial charge in [0.25, 0.3) is 0 Å². The Kier molecular flexibility index (Phi) is 5.21. The lowest BCUT2D eigenvalue weighted by atomic mass is 9.81. The van der Waals surface area contributed by atoms with Crippen LogP contribution >= 0.6 is 0 Å². The molecule has 2 aromatic rings. The zero-order valence-corrected chi connectivity index (χ0v) is 16.0. The maximum absolute atomic E-state index is 12.4. The first kappa shape index (κ1) is 19.4. The molecule has 0 radical (unpaired) electrons. The molecule has 1 saturated heterocycles. The quantitative estimate of drug-likeness (QED) is 0.707. The van der Waals surface area contributed by atoms with Gasteiger partial charge < -0.3 is 33.9 Å². The molecule has 0 saturated carbocycles. The number of esters is 1. The maximum Gasteiger partial charge on any atom is 0.312 e. The van der Waals surface area contributed by atoms with Gasteiger partial charge in [0.2, 0.25) is 6.79 Å². The number of aliphatic hydroxyl groups is 2. The number of ether oxygens (including phenoxy) is 5. The topological polar surface area (TPSA) is 104 Å². The molecule has 0 aromatic heterocycles. The summed E-state index contributed by atoms with van der Waals surface area (Å²) in [5, 5.41) is 21.9. The molecule has 0 bridgehead atoms. The maximum atomic E-state index is 12.4. The second-order valence-corrected chi connectivity index (χ2v) is 6.94. The Morgan fingerprint density at radius 3 is 2.34 bits per heavy atom. The Labute approximate surface area is 167 Å². The number of carbonyl (C=O) groups excluding carboxylic acids is 1. The molecule has 2 heterocycles. The van der Waals surface area contributed by atoms with Gasteiger partial charge in [-0.15, -0.1) is 0 Å². The number of benzene rings is 2. The van der Waals surface area contributed by atoms with Gasteiger partial charge in [-0.2, -0.15) is 0 Å². The summed E-state index contributed by atoms with van der Waals surface area (Å²) in [7, 11) is 3.00. The monoisotopic (exact) mass is 402 g/mol. The van der Waals surface area contributed by atoms with Crippen molar-refractivity contribution >= 4 is 5.97 Å². The van der Waals surface area contributed by atoms with Crippen LogP contribution in [-0.2, 0) is 9.53 Å². The van der Waals surface area contributed by atoms with E-state index in [1.165, 1.54) is 14.2 Å². The lowest BCUT2D eigenvalue weighted by molar-refractivity contribution is -0.144. The minimum absolute atomic E-state index is 0.00343. The molecular weight excluding hydrogens is 380 g/mol. The Morgan fingerprint density at radius 2 is 1.59 bits per heavy atom. The first-order valence-electron chi connectivity index (χ1n) is 9.17. The highest BCUT2D eigenvalue weighted by molar-refractivity contribution is 5.76. The number of methoxy groups -OCH3 is 2. The Morgan fingerprint density at radius 1 is 0.897 bits per heavy atom. The summed E-state index contributed by atoms with van der Waals surface area (Å²) in [4.78, 5) is 12.4. The summed E-state index contributed by atoms with van der Waals surface area (Å²) in [6, 6.07) is 10.0. The number of fused-ring (bicyclic) bond motifs is 1. The second kappa shape index (κ2) is 7.81. The predicted molar refractivity (Wildman–Crippen MR) is 100.0 cm³/mol. The summed E-state index contributed by atoms with van der Waals surface area (Å²) in [6.45, 7) is 0.129. The van der Waals surface area contributed by atoms with E-state index in [4.69, 9.17) is 23.7 Å². The highest BCUT2D eigenvalue weighted by atomic mass is 16.7. The van der Waals surface area contributed by atoms with E-state index in [9.17, 15) is 15.0 Å². The third-order valence-corrected chi connectivity index (χ3v) is 5.38. The Bertz CT molecular complexity index is 912. The van der Waals surface area contributed by atoms with Crippen molar-refractivity contribution in [2.45, 2.75) is 12.2 Å². The van der Waals surface area contributed by atoms with Gasteiger partial charge in [0.15, 0.2) is 23.0 Å². The molecule has 29 heavy (non-hydrogen) atoms. The minimum Gasteiger partial charge on any atom is -0.493 e. The summed E-state index contributed by atoms with van der Waals surface area (Å²) < 4.78 is 26.3. The van der Waals surface area contributed by atoms with Crippen molar-refractivity contribution in [3.8, 4) is 23.0 Å². The molecule has 0 aliphatic carbocycles. The van der Waals surface area contributed by atoms with E-state index in [0.29, 0.717) is 34.1 Å². The summed E-state index contributed by atoms with van der Waals surface area (Å²) in [5.74, 6) is -0.0559. The third kappa shape index (κ3) is 3.45. The average Bonchev–Trinajstić information content (AvgIpc) is 3.37. The van der Waals surface area contributed by atoms with E-state index in [1.54, 1.807) is 36.4 Å². The van der Waals surface area contributed by atoms with Gasteiger partial charge in [-0.25, -0.2) is 0 Å². The normalized spacial score (nSPS) is 22.1. The van der Waals surface area contributed by atoms with E-state index in [1.807, 2.05) is 0 Å². The molecule has 154 valence electrons. The van der Waals surface area contributed by atoms with Crippen LogP contribution in [0.2, 0.25) is 0 Å². The predicted octanol–water partition coefficient (Wildman–Crippen LogP) is 1.99. The molecular formula is C21H22O8. The van der Waals surface area contributed by atoms with Crippen molar-refractivity contribution in [3.63, 3.8) is 0 Å². The van der Waals surface area contributed by atoms with Crippen molar-refractivity contribution in [1.82, 2.24) is 0 Å². The molecule has 2 N–H and O–H groups in total. The number of cyclic esters (lactones) is 1. The fourth-order valence-electron chi connectivity index (χ4n) is 3.79. The van der Waals surface area contributed by atoms with Crippen molar-refractivity contribution < 1.29 is 38.7 Å². The average molecular weight is 402 g/mol. The van der Waals surface area contributed by atoms with Crippen LogP contribution in [0.4, 0.5) is 0 Å². The molecule has 1 unspecified atom stereocenters. The van der Waals surface area contributed by atoms with E-state index < -0.39 is 30.0 Å². The lowest BCUT2D eigenvalue weighted by Gasteiger charge is -2.25. The van der Waals surface area contributed by atoms with E-state index in [0.717, 1.165) is 0 Å². The lowest BCUT2D eigenvalue weighted by Crippen LogP contribution is -2.28. The van der Waals surface area contributed by atoms with Crippen LogP contribution in [0.25, 0.3) is 0 Å². The molecule has 2 aliphatic heterocycles.